The number of nitrogens with zero attached hydrogens (tertiary/aromatic N) is 1. The van der Waals surface area contributed by atoms with Gasteiger partial charge in [0.1, 0.15) is 14.0 Å². The van der Waals surface area contributed by atoms with Crippen molar-refractivity contribution in [3.63, 3.8) is 0 Å². The first kappa shape index (κ1) is 11.8. The summed E-state index contributed by atoms with van der Waals surface area (Å²) in [6.07, 6.45) is -4.75. The summed E-state index contributed by atoms with van der Waals surface area (Å²) in [6, 6.07) is 1.06. The first-order valence-corrected chi connectivity index (χ1v) is 5.04. The molecule has 1 aromatic rings. The maximum Gasteiger partial charge on any atom is 0.573 e. The average molecular weight is 383 g/mol. The van der Waals surface area contributed by atoms with E-state index in [0.29, 0.717) is 0 Å². The van der Waals surface area contributed by atoms with Gasteiger partial charge in [0.05, 0.1) is 0 Å². The Hall–Kier alpha value is -0.250. The Morgan fingerprint density at radius 3 is 2.57 bits per heavy atom. The molecule has 8 heteroatoms. The van der Waals surface area contributed by atoms with E-state index in [4.69, 9.17) is 5.73 Å². The van der Waals surface area contributed by atoms with Crippen molar-refractivity contribution in [2.75, 3.05) is 5.73 Å². The van der Waals surface area contributed by atoms with Gasteiger partial charge in [-0.2, -0.15) is 0 Å². The van der Waals surface area contributed by atoms with Gasteiger partial charge in [0.25, 0.3) is 0 Å². The first-order chi connectivity index (χ1) is 6.29. The third-order valence-corrected chi connectivity index (χ3v) is 2.40. The first-order valence-electron chi connectivity index (χ1n) is 3.17. The third kappa shape index (κ3) is 3.15. The van der Waals surface area contributed by atoms with Crippen molar-refractivity contribution in [1.82, 2.24) is 4.98 Å². The molecule has 0 amide bonds. The van der Waals surface area contributed by atoms with Crippen LogP contribution in [0, 0.1) is 3.70 Å². The number of anilines is 1. The fourth-order valence-corrected chi connectivity index (χ4v) is 1.93. The molecule has 0 atom stereocenters. The number of hydrogen-bond acceptors (Lipinski definition) is 3. The molecule has 0 saturated carbocycles. The van der Waals surface area contributed by atoms with E-state index in [2.05, 4.69) is 25.7 Å². The number of nitrogens with two attached hydrogens (primary N) is 1. The summed E-state index contributed by atoms with van der Waals surface area (Å²) in [5.74, 6) is -0.455. The number of aromatic nitrogens is 1. The van der Waals surface area contributed by atoms with Crippen molar-refractivity contribution in [3.8, 4) is 5.75 Å². The van der Waals surface area contributed by atoms with Crippen LogP contribution in [0.1, 0.15) is 0 Å². The Morgan fingerprint density at radius 1 is 1.50 bits per heavy atom. The number of alkyl halides is 3. The highest BCUT2D eigenvalue weighted by Crippen LogP contribution is 2.32. The van der Waals surface area contributed by atoms with Crippen LogP contribution in [0.3, 0.4) is 0 Å². The minimum absolute atomic E-state index is 0.133. The Balaban J connectivity index is 3.09. The quantitative estimate of drug-likeness (QED) is 0.600. The van der Waals surface area contributed by atoms with Gasteiger partial charge in [0, 0.05) is 6.07 Å². The van der Waals surface area contributed by atoms with Gasteiger partial charge in [-0.05, 0) is 38.5 Å². The van der Waals surface area contributed by atoms with Gasteiger partial charge in [0.2, 0.25) is 0 Å². The highest BCUT2D eigenvalue weighted by Gasteiger charge is 2.32. The zero-order valence-electron chi connectivity index (χ0n) is 6.40. The van der Waals surface area contributed by atoms with E-state index >= 15 is 0 Å². The molecule has 1 heterocycles. The number of nitrogen functional groups attached to an aromatic ring is 1. The van der Waals surface area contributed by atoms with Gasteiger partial charge in [-0.3, -0.25) is 0 Å². The Labute approximate surface area is 99.1 Å². The molecule has 0 saturated heterocycles. The molecular weight excluding hydrogens is 380 g/mol. The molecular formula is C6H3BrF3IN2O. The SMILES string of the molecule is Nc1c(OC(F)(F)F)cc(Br)nc1I. The van der Waals surface area contributed by atoms with Crippen LogP contribution in [0.25, 0.3) is 0 Å². The molecule has 2 N–H and O–H groups in total. The summed E-state index contributed by atoms with van der Waals surface area (Å²) in [5.41, 5.74) is 5.21. The van der Waals surface area contributed by atoms with Crippen LogP contribution in [0.2, 0.25) is 0 Å². The summed E-state index contributed by atoms with van der Waals surface area (Å²) in [6.45, 7) is 0. The zero-order valence-corrected chi connectivity index (χ0v) is 10.1. The molecule has 0 spiro atoms. The second-order valence-electron chi connectivity index (χ2n) is 2.20. The van der Waals surface area contributed by atoms with E-state index < -0.39 is 12.1 Å². The van der Waals surface area contributed by atoms with Crippen molar-refractivity contribution in [1.29, 1.82) is 0 Å². The molecule has 0 radical (unpaired) electrons. The maximum absolute atomic E-state index is 11.9. The Morgan fingerprint density at radius 2 is 2.07 bits per heavy atom. The normalized spacial score (nSPS) is 11.5. The molecule has 3 nitrogen and oxygen atoms in total. The van der Waals surface area contributed by atoms with E-state index in [1.54, 1.807) is 22.6 Å². The van der Waals surface area contributed by atoms with Crippen LogP contribution in [-0.4, -0.2) is 11.3 Å². The molecule has 1 rings (SSSR count). The predicted octanol–water partition coefficient (Wildman–Crippen LogP) is 2.93. The molecule has 0 aliphatic rings. The molecule has 0 aliphatic heterocycles. The van der Waals surface area contributed by atoms with Crippen LogP contribution < -0.4 is 10.5 Å². The van der Waals surface area contributed by atoms with Crippen LogP contribution in [0.4, 0.5) is 18.9 Å². The van der Waals surface area contributed by atoms with E-state index in [9.17, 15) is 13.2 Å². The molecule has 0 aromatic carbocycles. The summed E-state index contributed by atoms with van der Waals surface area (Å²) in [4.78, 5) is 3.79. The second-order valence-corrected chi connectivity index (χ2v) is 4.03. The third-order valence-electron chi connectivity index (χ3n) is 1.17. The summed E-state index contributed by atoms with van der Waals surface area (Å²) >= 11 is 4.65. The van der Waals surface area contributed by atoms with E-state index in [-0.39, 0.29) is 14.0 Å². The van der Waals surface area contributed by atoms with E-state index in [1.807, 2.05) is 0 Å². The molecule has 78 valence electrons. The minimum atomic E-state index is -4.75. The second kappa shape index (κ2) is 4.09. The van der Waals surface area contributed by atoms with Crippen LogP contribution in [-0.2, 0) is 0 Å². The van der Waals surface area contributed by atoms with Gasteiger partial charge in [-0.15, -0.1) is 13.2 Å². The lowest BCUT2D eigenvalue weighted by Crippen LogP contribution is -2.18. The molecule has 0 bridgehead atoms. The maximum atomic E-state index is 11.9. The van der Waals surface area contributed by atoms with Crippen LogP contribution in [0.15, 0.2) is 10.7 Å². The van der Waals surface area contributed by atoms with Crippen LogP contribution in [0.5, 0.6) is 5.75 Å². The van der Waals surface area contributed by atoms with Crippen LogP contribution >= 0.6 is 38.5 Å². The van der Waals surface area contributed by atoms with E-state index in [0.717, 1.165) is 6.07 Å². The Kier molecular flexibility index (Phi) is 3.45. The van der Waals surface area contributed by atoms with Gasteiger partial charge < -0.3 is 10.5 Å². The number of halogens is 5. The smallest absolute Gasteiger partial charge is 0.403 e. The van der Waals surface area contributed by atoms with Crippen molar-refractivity contribution in [2.45, 2.75) is 6.36 Å². The van der Waals surface area contributed by atoms with Crippen molar-refractivity contribution in [3.05, 3.63) is 14.4 Å². The zero-order chi connectivity index (χ0) is 10.9. The monoisotopic (exact) mass is 382 g/mol. The highest BCUT2D eigenvalue weighted by molar-refractivity contribution is 14.1. The lowest BCUT2D eigenvalue weighted by Gasteiger charge is -2.11. The van der Waals surface area contributed by atoms with Crippen molar-refractivity contribution < 1.29 is 17.9 Å². The molecule has 0 unspecified atom stereocenters. The fraction of sp³-hybridized carbons (Fsp3) is 0.167. The predicted molar refractivity (Wildman–Crippen MR) is 55.7 cm³/mol. The summed E-state index contributed by atoms with van der Waals surface area (Å²) in [5, 5.41) is 0. The number of rotatable bonds is 1. The lowest BCUT2D eigenvalue weighted by molar-refractivity contribution is -0.274. The topological polar surface area (TPSA) is 48.1 Å². The highest BCUT2D eigenvalue weighted by atomic mass is 127. The fourth-order valence-electron chi connectivity index (χ4n) is 0.683. The van der Waals surface area contributed by atoms with Gasteiger partial charge >= 0.3 is 6.36 Å². The average Bonchev–Trinajstić information content (AvgIpc) is 1.96. The molecule has 0 aliphatic carbocycles. The standard InChI is InChI=1S/C6H3BrF3IN2O/c7-3-1-2(14-6(8,9)10)4(12)5(11)13-3/h1H,12H2. The number of pyridine rings is 1. The lowest BCUT2D eigenvalue weighted by atomic mass is 10.4. The van der Waals surface area contributed by atoms with Gasteiger partial charge in [-0.25, -0.2) is 4.98 Å². The molecule has 1 aromatic heterocycles. The van der Waals surface area contributed by atoms with E-state index in [1.165, 1.54) is 0 Å². The summed E-state index contributed by atoms with van der Waals surface area (Å²) in [7, 11) is 0. The Bertz CT molecular complexity index is 358. The largest absolute Gasteiger partial charge is 0.573 e. The van der Waals surface area contributed by atoms with Gasteiger partial charge in [-0.1, -0.05) is 0 Å². The summed E-state index contributed by atoms with van der Waals surface area (Å²) < 4.78 is 39.8. The van der Waals surface area contributed by atoms with Gasteiger partial charge in [0.15, 0.2) is 5.75 Å². The molecule has 0 fully saturated rings. The minimum Gasteiger partial charge on any atom is -0.403 e. The number of ether oxygens (including phenoxy) is 1. The van der Waals surface area contributed by atoms with Crippen molar-refractivity contribution >= 4 is 44.2 Å². The van der Waals surface area contributed by atoms with Crippen molar-refractivity contribution in [2.24, 2.45) is 0 Å². The molecule has 14 heavy (non-hydrogen) atoms. The number of hydrogen-bond donors (Lipinski definition) is 1.